The third-order valence-corrected chi connectivity index (χ3v) is 5.65. The molecule has 0 saturated carbocycles. The molecule has 12 nitrogen and oxygen atoms in total. The second kappa shape index (κ2) is 8.27. The van der Waals surface area contributed by atoms with Gasteiger partial charge in [0.1, 0.15) is 22.6 Å². The van der Waals surface area contributed by atoms with Crippen LogP contribution in [0, 0.1) is 6.92 Å². The highest BCUT2D eigenvalue weighted by atomic mass is 16.7. The number of aryl methyl sites for hydroxylation is 1. The van der Waals surface area contributed by atoms with Crippen molar-refractivity contribution in [2.45, 2.75) is 6.92 Å². The quantitative estimate of drug-likeness (QED) is 0.387. The Balaban J connectivity index is 1.41. The van der Waals surface area contributed by atoms with Crippen LogP contribution < -0.4 is 25.1 Å². The van der Waals surface area contributed by atoms with Crippen LogP contribution in [0.25, 0.3) is 22.7 Å². The molecule has 2 N–H and O–H groups in total. The second-order valence-electron chi connectivity index (χ2n) is 7.96. The number of fused-ring (bicyclic) bond motifs is 2. The number of anilines is 1. The molecule has 0 bridgehead atoms. The van der Waals surface area contributed by atoms with Gasteiger partial charge in [-0.15, -0.1) is 0 Å². The highest BCUT2D eigenvalue weighted by Gasteiger charge is 2.20. The maximum Gasteiger partial charge on any atom is 0.263 e. The predicted molar refractivity (Wildman–Crippen MR) is 128 cm³/mol. The van der Waals surface area contributed by atoms with E-state index in [1.807, 2.05) is 18.2 Å². The molecular formula is C24H19N7O5. The van der Waals surface area contributed by atoms with Crippen molar-refractivity contribution in [3.63, 3.8) is 0 Å². The average Bonchev–Trinajstić information content (AvgIpc) is 3.61. The van der Waals surface area contributed by atoms with E-state index >= 15 is 0 Å². The molecule has 6 rings (SSSR count). The molecule has 0 aliphatic carbocycles. The van der Waals surface area contributed by atoms with Crippen LogP contribution in [0.2, 0.25) is 0 Å². The van der Waals surface area contributed by atoms with Crippen molar-refractivity contribution >= 4 is 22.8 Å². The molecule has 0 spiro atoms. The zero-order valence-electron chi connectivity index (χ0n) is 19.2. The molecule has 2 aromatic carbocycles. The molecule has 12 heteroatoms. The number of hydrogen-bond donors (Lipinski definition) is 2. The molecule has 0 radical (unpaired) electrons. The molecule has 0 fully saturated rings. The Morgan fingerprint density at radius 2 is 1.94 bits per heavy atom. The summed E-state index contributed by atoms with van der Waals surface area (Å²) in [6.45, 7) is 1.88. The number of aromatic amines is 1. The molecular weight excluding hydrogens is 466 g/mol. The Hall–Kier alpha value is -5.13. The van der Waals surface area contributed by atoms with E-state index in [9.17, 15) is 9.59 Å². The number of ether oxygens (including phenoxy) is 3. The summed E-state index contributed by atoms with van der Waals surface area (Å²) in [7, 11) is 1.55. The highest BCUT2D eigenvalue weighted by molar-refractivity contribution is 6.04. The van der Waals surface area contributed by atoms with Crippen molar-refractivity contribution in [2.75, 3.05) is 19.2 Å². The van der Waals surface area contributed by atoms with Gasteiger partial charge in [-0.3, -0.25) is 14.6 Å². The summed E-state index contributed by atoms with van der Waals surface area (Å²) in [5.74, 6) is 1.68. The summed E-state index contributed by atoms with van der Waals surface area (Å²) in [6.07, 6.45) is 1.44. The largest absolute Gasteiger partial charge is 0.494 e. The van der Waals surface area contributed by atoms with Gasteiger partial charge in [0.25, 0.3) is 11.5 Å². The standard InChI is InChI=1S/C24H19N7O5/c1-13-9-20(26-22(32)14-7-8-18-19(10-14)36-12-35-18)31(29-13)24-27-21-15(23(33)28-24)11-25-30(21)16-5-3-4-6-17(16)34-2/h3-11H,12H2,1-2H3,(H,26,32)(H,27,28,33). The van der Waals surface area contributed by atoms with Crippen LogP contribution in [0.1, 0.15) is 16.1 Å². The van der Waals surface area contributed by atoms with E-state index in [-0.39, 0.29) is 12.7 Å². The van der Waals surface area contributed by atoms with Crippen molar-refractivity contribution in [3.05, 3.63) is 76.3 Å². The normalized spacial score (nSPS) is 12.2. The number of methoxy groups -OCH3 is 1. The van der Waals surface area contributed by atoms with Gasteiger partial charge in [-0.25, -0.2) is 4.68 Å². The average molecular weight is 485 g/mol. The zero-order valence-corrected chi connectivity index (χ0v) is 19.2. The van der Waals surface area contributed by atoms with Crippen molar-refractivity contribution in [1.82, 2.24) is 29.5 Å². The predicted octanol–water partition coefficient (Wildman–Crippen LogP) is 2.59. The van der Waals surface area contributed by atoms with E-state index in [1.54, 1.807) is 44.4 Å². The molecule has 3 aromatic heterocycles. The van der Waals surface area contributed by atoms with E-state index in [0.29, 0.717) is 51.0 Å². The van der Waals surface area contributed by atoms with E-state index in [0.717, 1.165) is 0 Å². The van der Waals surface area contributed by atoms with Crippen LogP contribution in [0.15, 0.2) is 59.5 Å². The number of nitrogens with one attached hydrogen (secondary N) is 2. The van der Waals surface area contributed by atoms with E-state index in [2.05, 4.69) is 25.5 Å². The van der Waals surface area contributed by atoms with E-state index in [4.69, 9.17) is 14.2 Å². The number of hydrogen-bond acceptors (Lipinski definition) is 8. The molecule has 180 valence electrons. The smallest absolute Gasteiger partial charge is 0.263 e. The number of aromatic nitrogens is 6. The van der Waals surface area contributed by atoms with Crippen molar-refractivity contribution in [2.24, 2.45) is 0 Å². The number of amides is 1. The summed E-state index contributed by atoms with van der Waals surface area (Å²) >= 11 is 0. The lowest BCUT2D eigenvalue weighted by Gasteiger charge is -2.10. The number of para-hydroxylation sites is 2. The first-order valence-electron chi connectivity index (χ1n) is 10.9. The van der Waals surface area contributed by atoms with Gasteiger partial charge < -0.3 is 19.5 Å². The minimum atomic E-state index is -0.405. The molecule has 4 heterocycles. The SMILES string of the molecule is COc1ccccc1-n1ncc2c(=O)[nH]c(-n3nc(C)cc3NC(=O)c3ccc4c(c3)OCO4)nc21. The van der Waals surface area contributed by atoms with Crippen LogP contribution in [-0.2, 0) is 0 Å². The first-order chi connectivity index (χ1) is 17.5. The molecule has 0 saturated heterocycles. The van der Waals surface area contributed by atoms with E-state index in [1.165, 1.54) is 15.6 Å². The molecule has 0 unspecified atom stereocenters. The maximum atomic E-state index is 13.0. The zero-order chi connectivity index (χ0) is 24.8. The minimum absolute atomic E-state index is 0.109. The van der Waals surface area contributed by atoms with Crippen LogP contribution in [0.4, 0.5) is 5.82 Å². The van der Waals surface area contributed by atoms with Gasteiger partial charge in [0.15, 0.2) is 17.1 Å². The van der Waals surface area contributed by atoms with Crippen LogP contribution in [0.5, 0.6) is 17.2 Å². The van der Waals surface area contributed by atoms with Crippen molar-refractivity contribution in [1.29, 1.82) is 0 Å². The summed E-state index contributed by atoms with van der Waals surface area (Å²) in [6, 6.07) is 13.8. The Morgan fingerprint density at radius 1 is 1.11 bits per heavy atom. The Morgan fingerprint density at radius 3 is 2.81 bits per heavy atom. The maximum absolute atomic E-state index is 13.0. The number of rotatable bonds is 5. The summed E-state index contributed by atoms with van der Waals surface area (Å²) in [4.78, 5) is 33.2. The number of nitrogens with zero attached hydrogens (tertiary/aromatic N) is 5. The number of carbonyl (C=O) groups excluding carboxylic acids is 1. The molecule has 1 amide bonds. The topological polar surface area (TPSA) is 138 Å². The second-order valence-corrected chi connectivity index (χ2v) is 7.96. The third kappa shape index (κ3) is 3.52. The third-order valence-electron chi connectivity index (χ3n) is 5.65. The van der Waals surface area contributed by atoms with Crippen LogP contribution in [0.3, 0.4) is 0 Å². The number of carbonyl (C=O) groups is 1. The molecule has 0 atom stereocenters. The molecule has 5 aromatic rings. The Bertz CT molecular complexity index is 1700. The number of benzene rings is 2. The lowest BCUT2D eigenvalue weighted by molar-refractivity contribution is 0.102. The Kier molecular flexibility index (Phi) is 4.92. The van der Waals surface area contributed by atoms with Crippen LogP contribution in [-0.4, -0.2) is 49.3 Å². The Labute approximate surface area is 203 Å². The first kappa shape index (κ1) is 21.4. The molecule has 1 aliphatic heterocycles. The molecule has 36 heavy (non-hydrogen) atoms. The van der Waals surface area contributed by atoms with Gasteiger partial charge in [-0.2, -0.15) is 19.9 Å². The molecule has 1 aliphatic rings. The van der Waals surface area contributed by atoms with Crippen molar-refractivity contribution in [3.8, 4) is 28.9 Å². The fourth-order valence-corrected chi connectivity index (χ4v) is 3.96. The van der Waals surface area contributed by atoms with Gasteiger partial charge >= 0.3 is 0 Å². The van der Waals surface area contributed by atoms with E-state index < -0.39 is 11.5 Å². The van der Waals surface area contributed by atoms with Gasteiger partial charge in [0, 0.05) is 11.6 Å². The van der Waals surface area contributed by atoms with Crippen LogP contribution >= 0.6 is 0 Å². The summed E-state index contributed by atoms with van der Waals surface area (Å²) < 4.78 is 19.0. The van der Waals surface area contributed by atoms with Gasteiger partial charge in [-0.1, -0.05) is 12.1 Å². The summed E-state index contributed by atoms with van der Waals surface area (Å²) in [5, 5.41) is 11.9. The summed E-state index contributed by atoms with van der Waals surface area (Å²) in [5.41, 5.74) is 1.50. The van der Waals surface area contributed by atoms with Crippen molar-refractivity contribution < 1.29 is 19.0 Å². The van der Waals surface area contributed by atoms with Gasteiger partial charge in [0.2, 0.25) is 12.7 Å². The monoisotopic (exact) mass is 485 g/mol. The fraction of sp³-hybridized carbons (Fsp3) is 0.125. The van der Waals surface area contributed by atoms with Gasteiger partial charge in [0.05, 0.1) is 19.0 Å². The fourth-order valence-electron chi connectivity index (χ4n) is 3.96. The lowest BCUT2D eigenvalue weighted by Crippen LogP contribution is -2.19. The van der Waals surface area contributed by atoms with Gasteiger partial charge in [-0.05, 0) is 37.3 Å². The lowest BCUT2D eigenvalue weighted by atomic mass is 10.2. The first-order valence-corrected chi connectivity index (χ1v) is 10.9. The number of H-pyrrole nitrogens is 1. The minimum Gasteiger partial charge on any atom is -0.494 e. The highest BCUT2D eigenvalue weighted by Crippen LogP contribution is 2.32.